The van der Waals surface area contributed by atoms with Crippen LogP contribution < -0.4 is 5.32 Å². The average molecular weight is 277 g/mol. The monoisotopic (exact) mass is 276 g/mol. The van der Waals surface area contributed by atoms with Gasteiger partial charge in [-0.3, -0.25) is 4.79 Å². The molecule has 0 radical (unpaired) electrons. The minimum atomic E-state index is 0. The number of amides is 1. The zero-order chi connectivity index (χ0) is 12.0. The highest BCUT2D eigenvalue weighted by Gasteiger charge is 2.10. The highest BCUT2D eigenvalue weighted by molar-refractivity contribution is 6.30. The minimum absolute atomic E-state index is 0. The lowest BCUT2D eigenvalue weighted by Crippen LogP contribution is -2.36. The molecule has 0 heterocycles. The fourth-order valence-electron chi connectivity index (χ4n) is 1.45. The molecule has 1 amide bonds. The summed E-state index contributed by atoms with van der Waals surface area (Å²) in [6.45, 7) is 3.70. The number of hydrogen-bond acceptors (Lipinski definition) is 2. The molecule has 0 atom stereocenters. The van der Waals surface area contributed by atoms with Crippen LogP contribution in [0.15, 0.2) is 24.3 Å². The van der Waals surface area contributed by atoms with Crippen LogP contribution in [-0.2, 0) is 11.3 Å². The molecule has 0 aromatic heterocycles. The van der Waals surface area contributed by atoms with Crippen molar-refractivity contribution in [2.45, 2.75) is 13.5 Å². The molecule has 0 aliphatic rings. The normalized spacial score (nSPS) is 9.59. The first-order valence-corrected chi connectivity index (χ1v) is 5.72. The molecule has 1 aromatic carbocycles. The molecular formula is C12H18Cl2N2O. The van der Waals surface area contributed by atoms with Gasteiger partial charge in [-0.15, -0.1) is 12.4 Å². The molecule has 0 saturated carbocycles. The third-order valence-corrected chi connectivity index (χ3v) is 2.60. The molecule has 1 rings (SSSR count). The number of carbonyl (C=O) groups is 1. The SMILES string of the molecule is CCN(Cc1ccc(Cl)cc1)C(=O)CNC.Cl. The van der Waals surface area contributed by atoms with Crippen molar-refractivity contribution in [2.75, 3.05) is 20.1 Å². The van der Waals surface area contributed by atoms with E-state index in [0.29, 0.717) is 24.7 Å². The van der Waals surface area contributed by atoms with Gasteiger partial charge in [0, 0.05) is 18.1 Å². The Hall–Kier alpha value is -0.770. The predicted molar refractivity (Wildman–Crippen MR) is 73.7 cm³/mol. The molecule has 1 N–H and O–H groups in total. The van der Waals surface area contributed by atoms with Crippen LogP contribution in [0.4, 0.5) is 0 Å². The van der Waals surface area contributed by atoms with Gasteiger partial charge >= 0.3 is 0 Å². The first-order valence-electron chi connectivity index (χ1n) is 5.34. The Labute approximate surface area is 114 Å². The van der Waals surface area contributed by atoms with Crippen LogP contribution in [0.3, 0.4) is 0 Å². The van der Waals surface area contributed by atoms with Crippen LogP contribution >= 0.6 is 24.0 Å². The topological polar surface area (TPSA) is 32.3 Å². The molecule has 0 aliphatic carbocycles. The van der Waals surface area contributed by atoms with Gasteiger partial charge in [-0.05, 0) is 31.7 Å². The van der Waals surface area contributed by atoms with E-state index >= 15 is 0 Å². The Kier molecular flexibility index (Phi) is 7.96. The van der Waals surface area contributed by atoms with E-state index in [-0.39, 0.29) is 18.3 Å². The second-order valence-electron chi connectivity index (χ2n) is 3.56. The van der Waals surface area contributed by atoms with Crippen molar-refractivity contribution in [3.63, 3.8) is 0 Å². The van der Waals surface area contributed by atoms with E-state index < -0.39 is 0 Å². The van der Waals surface area contributed by atoms with Crippen molar-refractivity contribution >= 4 is 29.9 Å². The van der Waals surface area contributed by atoms with Crippen LogP contribution in [0.1, 0.15) is 12.5 Å². The largest absolute Gasteiger partial charge is 0.338 e. The van der Waals surface area contributed by atoms with Gasteiger partial charge in [-0.25, -0.2) is 0 Å². The van der Waals surface area contributed by atoms with Crippen molar-refractivity contribution in [3.8, 4) is 0 Å². The molecule has 0 fully saturated rings. The van der Waals surface area contributed by atoms with E-state index in [4.69, 9.17) is 11.6 Å². The fourth-order valence-corrected chi connectivity index (χ4v) is 1.58. The van der Waals surface area contributed by atoms with Crippen molar-refractivity contribution in [2.24, 2.45) is 0 Å². The third kappa shape index (κ3) is 5.39. The number of nitrogens with zero attached hydrogens (tertiary/aromatic N) is 1. The molecule has 1 aromatic rings. The van der Waals surface area contributed by atoms with Crippen molar-refractivity contribution in [3.05, 3.63) is 34.9 Å². The molecule has 17 heavy (non-hydrogen) atoms. The lowest BCUT2D eigenvalue weighted by atomic mass is 10.2. The van der Waals surface area contributed by atoms with Gasteiger partial charge in [0.1, 0.15) is 0 Å². The second kappa shape index (κ2) is 8.34. The average Bonchev–Trinajstić information content (AvgIpc) is 2.28. The summed E-state index contributed by atoms with van der Waals surface area (Å²) in [5, 5.41) is 3.58. The van der Waals surface area contributed by atoms with Gasteiger partial charge in [-0.2, -0.15) is 0 Å². The van der Waals surface area contributed by atoms with E-state index in [1.165, 1.54) is 0 Å². The lowest BCUT2D eigenvalue weighted by molar-refractivity contribution is -0.130. The standard InChI is InChI=1S/C12H17ClN2O.ClH/c1-3-15(12(16)8-14-2)9-10-4-6-11(13)7-5-10;/h4-7,14H,3,8-9H2,1-2H3;1H. The zero-order valence-electron chi connectivity index (χ0n) is 10.1. The first kappa shape index (κ1) is 16.2. The first-order chi connectivity index (χ1) is 7.67. The van der Waals surface area contributed by atoms with E-state index in [9.17, 15) is 4.79 Å². The van der Waals surface area contributed by atoms with E-state index in [1.807, 2.05) is 31.2 Å². The van der Waals surface area contributed by atoms with Crippen LogP contribution in [0.5, 0.6) is 0 Å². The Morgan fingerprint density at radius 1 is 1.35 bits per heavy atom. The maximum atomic E-state index is 11.7. The number of benzene rings is 1. The van der Waals surface area contributed by atoms with Crippen LogP contribution in [0.2, 0.25) is 5.02 Å². The van der Waals surface area contributed by atoms with Gasteiger partial charge in [0.2, 0.25) is 5.91 Å². The molecule has 0 bridgehead atoms. The summed E-state index contributed by atoms with van der Waals surface area (Å²) >= 11 is 5.80. The maximum Gasteiger partial charge on any atom is 0.236 e. The van der Waals surface area contributed by atoms with Gasteiger partial charge in [0.25, 0.3) is 0 Å². The summed E-state index contributed by atoms with van der Waals surface area (Å²) in [4.78, 5) is 13.5. The number of nitrogens with one attached hydrogen (secondary N) is 1. The lowest BCUT2D eigenvalue weighted by Gasteiger charge is -2.20. The van der Waals surface area contributed by atoms with Crippen molar-refractivity contribution in [1.82, 2.24) is 10.2 Å². The number of halogens is 2. The van der Waals surface area contributed by atoms with Gasteiger partial charge < -0.3 is 10.2 Å². The molecule has 0 aliphatic heterocycles. The molecular weight excluding hydrogens is 259 g/mol. The summed E-state index contributed by atoms with van der Waals surface area (Å²) in [6.07, 6.45) is 0. The summed E-state index contributed by atoms with van der Waals surface area (Å²) < 4.78 is 0. The zero-order valence-corrected chi connectivity index (χ0v) is 11.6. The molecule has 96 valence electrons. The molecule has 5 heteroatoms. The maximum absolute atomic E-state index is 11.7. The number of rotatable bonds is 5. The van der Waals surface area contributed by atoms with E-state index in [1.54, 1.807) is 11.9 Å². The fraction of sp³-hybridized carbons (Fsp3) is 0.417. The number of likely N-dealkylation sites (N-methyl/N-ethyl adjacent to an activating group) is 2. The molecule has 3 nitrogen and oxygen atoms in total. The Balaban J connectivity index is 0.00000256. The second-order valence-corrected chi connectivity index (χ2v) is 4.00. The Bertz CT molecular complexity index is 341. The minimum Gasteiger partial charge on any atom is -0.338 e. The van der Waals surface area contributed by atoms with Gasteiger partial charge in [-0.1, -0.05) is 23.7 Å². The van der Waals surface area contributed by atoms with Gasteiger partial charge in [0.05, 0.1) is 6.54 Å². The highest BCUT2D eigenvalue weighted by Crippen LogP contribution is 2.11. The summed E-state index contributed by atoms with van der Waals surface area (Å²) in [7, 11) is 1.77. The smallest absolute Gasteiger partial charge is 0.236 e. The summed E-state index contributed by atoms with van der Waals surface area (Å²) in [5.41, 5.74) is 1.09. The van der Waals surface area contributed by atoms with E-state index in [0.717, 1.165) is 5.56 Å². The van der Waals surface area contributed by atoms with Gasteiger partial charge in [0.15, 0.2) is 0 Å². The summed E-state index contributed by atoms with van der Waals surface area (Å²) in [5.74, 6) is 0.111. The van der Waals surface area contributed by atoms with Crippen LogP contribution in [-0.4, -0.2) is 30.9 Å². The molecule has 0 unspecified atom stereocenters. The summed E-state index contributed by atoms with van der Waals surface area (Å²) in [6, 6.07) is 7.57. The third-order valence-electron chi connectivity index (χ3n) is 2.35. The van der Waals surface area contributed by atoms with Crippen molar-refractivity contribution < 1.29 is 4.79 Å². The quantitative estimate of drug-likeness (QED) is 0.896. The number of hydrogen-bond donors (Lipinski definition) is 1. The van der Waals surface area contributed by atoms with Crippen molar-refractivity contribution in [1.29, 1.82) is 0 Å². The highest BCUT2D eigenvalue weighted by atomic mass is 35.5. The van der Waals surface area contributed by atoms with Crippen LogP contribution in [0, 0.1) is 0 Å². The molecule has 0 spiro atoms. The predicted octanol–water partition coefficient (Wildman–Crippen LogP) is 2.33. The molecule has 0 saturated heterocycles. The Morgan fingerprint density at radius 3 is 2.41 bits per heavy atom. The Morgan fingerprint density at radius 2 is 1.94 bits per heavy atom. The van der Waals surface area contributed by atoms with E-state index in [2.05, 4.69) is 5.32 Å². The van der Waals surface area contributed by atoms with Crippen LogP contribution in [0.25, 0.3) is 0 Å². The number of carbonyl (C=O) groups excluding carboxylic acids is 1.